The average Bonchev–Trinajstić information content (AvgIpc) is 3.06. The van der Waals surface area contributed by atoms with Crippen molar-refractivity contribution in [3.05, 3.63) is 11.7 Å². The van der Waals surface area contributed by atoms with Gasteiger partial charge in [0.2, 0.25) is 5.89 Å². The van der Waals surface area contributed by atoms with Crippen LogP contribution in [-0.2, 0) is 6.54 Å². The molecule has 5 nitrogen and oxygen atoms in total. The molecule has 0 aromatic carbocycles. The van der Waals surface area contributed by atoms with E-state index < -0.39 is 0 Å². The number of hydrogen-bond donors (Lipinski definition) is 1. The van der Waals surface area contributed by atoms with Gasteiger partial charge in [-0.2, -0.15) is 4.98 Å². The van der Waals surface area contributed by atoms with Crippen LogP contribution in [0.2, 0.25) is 0 Å². The Bertz CT molecular complexity index is 479. The van der Waals surface area contributed by atoms with Crippen molar-refractivity contribution in [2.24, 2.45) is 5.92 Å². The normalized spacial score (nSPS) is 27.5. The highest BCUT2D eigenvalue weighted by Gasteiger charge is 2.30. The molecule has 4 rings (SSSR count). The second kappa shape index (κ2) is 6.67. The van der Waals surface area contributed by atoms with E-state index in [9.17, 15) is 0 Å². The van der Waals surface area contributed by atoms with Crippen molar-refractivity contribution in [3.8, 4) is 0 Å². The third kappa shape index (κ3) is 3.69. The van der Waals surface area contributed by atoms with Crippen LogP contribution in [0.1, 0.15) is 69.0 Å². The van der Waals surface area contributed by atoms with Gasteiger partial charge in [-0.05, 0) is 57.5 Å². The molecule has 0 unspecified atom stereocenters. The van der Waals surface area contributed by atoms with Gasteiger partial charge in [-0.1, -0.05) is 18.0 Å². The Labute approximate surface area is 132 Å². The van der Waals surface area contributed by atoms with Crippen molar-refractivity contribution in [1.29, 1.82) is 0 Å². The number of likely N-dealkylation sites (tertiary alicyclic amines) is 1. The summed E-state index contributed by atoms with van der Waals surface area (Å²) in [5.74, 6) is 3.22. The highest BCUT2D eigenvalue weighted by atomic mass is 16.5. The molecule has 1 N–H and O–H groups in total. The van der Waals surface area contributed by atoms with Crippen molar-refractivity contribution < 1.29 is 4.52 Å². The van der Waals surface area contributed by atoms with Crippen molar-refractivity contribution in [2.75, 3.05) is 19.6 Å². The van der Waals surface area contributed by atoms with Gasteiger partial charge >= 0.3 is 0 Å². The monoisotopic (exact) mass is 304 g/mol. The van der Waals surface area contributed by atoms with E-state index in [-0.39, 0.29) is 0 Å². The maximum Gasteiger partial charge on any atom is 0.229 e. The van der Waals surface area contributed by atoms with Crippen LogP contribution in [0.25, 0.3) is 0 Å². The Hall–Kier alpha value is -0.940. The van der Waals surface area contributed by atoms with Gasteiger partial charge in [-0.3, -0.25) is 4.90 Å². The smallest absolute Gasteiger partial charge is 0.229 e. The summed E-state index contributed by atoms with van der Waals surface area (Å²) in [5.41, 5.74) is 0. The van der Waals surface area contributed by atoms with Crippen LogP contribution in [0.15, 0.2) is 4.52 Å². The minimum absolute atomic E-state index is 0.559. The Kier molecular flexibility index (Phi) is 4.44. The van der Waals surface area contributed by atoms with Crippen LogP contribution < -0.4 is 5.32 Å². The minimum Gasteiger partial charge on any atom is -0.339 e. The van der Waals surface area contributed by atoms with E-state index in [1.807, 2.05) is 0 Å². The predicted octanol–water partition coefficient (Wildman–Crippen LogP) is 2.69. The molecule has 0 amide bonds. The average molecular weight is 304 g/mol. The van der Waals surface area contributed by atoms with Gasteiger partial charge in [0.15, 0.2) is 5.82 Å². The Morgan fingerprint density at radius 1 is 1.09 bits per heavy atom. The quantitative estimate of drug-likeness (QED) is 0.875. The molecule has 0 spiro atoms. The van der Waals surface area contributed by atoms with Gasteiger partial charge in [-0.15, -0.1) is 0 Å². The summed E-state index contributed by atoms with van der Waals surface area (Å²) < 4.78 is 5.37. The molecule has 2 heterocycles. The molecule has 3 aliphatic rings. The van der Waals surface area contributed by atoms with Gasteiger partial charge in [-0.25, -0.2) is 0 Å². The van der Waals surface area contributed by atoms with Crippen molar-refractivity contribution >= 4 is 0 Å². The molecule has 0 bridgehead atoms. The fraction of sp³-hybridized carbons (Fsp3) is 0.882. The highest BCUT2D eigenvalue weighted by Crippen LogP contribution is 2.38. The standard InChI is InChI=1S/C17H28N4O/c1-2-5-13(4-1)10-18-15-6-3-9-21(11-15)12-16-19-17(22-20-16)14-7-8-14/h13-15,18H,1-12H2/t15-/m1/s1. The fourth-order valence-electron chi connectivity index (χ4n) is 3.94. The summed E-state index contributed by atoms with van der Waals surface area (Å²) in [6.07, 6.45) is 10.7. The van der Waals surface area contributed by atoms with E-state index in [1.54, 1.807) is 0 Å². The van der Waals surface area contributed by atoms with Crippen molar-refractivity contribution in [2.45, 2.75) is 69.9 Å². The third-order valence-electron chi connectivity index (χ3n) is 5.45. The summed E-state index contributed by atoms with van der Waals surface area (Å²) in [7, 11) is 0. The molecule has 1 aromatic heterocycles. The van der Waals surface area contributed by atoms with Crippen LogP contribution in [-0.4, -0.2) is 40.7 Å². The SMILES string of the molecule is C1CCC(CN[C@@H]2CCCN(Cc3noc(C4CC4)n3)C2)C1. The summed E-state index contributed by atoms with van der Waals surface area (Å²) in [6, 6.07) is 0.643. The van der Waals surface area contributed by atoms with Gasteiger partial charge in [0.05, 0.1) is 6.54 Å². The molecule has 0 radical (unpaired) electrons. The van der Waals surface area contributed by atoms with Crippen LogP contribution in [0, 0.1) is 5.92 Å². The first-order chi connectivity index (χ1) is 10.9. The zero-order valence-corrected chi connectivity index (χ0v) is 13.5. The van der Waals surface area contributed by atoms with E-state index in [4.69, 9.17) is 4.52 Å². The molecule has 3 fully saturated rings. The number of aromatic nitrogens is 2. The highest BCUT2D eigenvalue weighted by molar-refractivity contribution is 5.01. The molecule has 22 heavy (non-hydrogen) atoms. The van der Waals surface area contributed by atoms with Crippen LogP contribution >= 0.6 is 0 Å². The molecule has 122 valence electrons. The number of hydrogen-bond acceptors (Lipinski definition) is 5. The minimum atomic E-state index is 0.559. The lowest BCUT2D eigenvalue weighted by Crippen LogP contribution is -2.46. The number of nitrogens with one attached hydrogen (secondary N) is 1. The molecule has 2 aliphatic carbocycles. The van der Waals surface area contributed by atoms with Crippen LogP contribution in [0.4, 0.5) is 0 Å². The lowest BCUT2D eigenvalue weighted by atomic mass is 10.0. The van der Waals surface area contributed by atoms with E-state index in [0.717, 1.165) is 37.3 Å². The summed E-state index contributed by atoms with van der Waals surface area (Å²) in [6.45, 7) is 4.35. The Balaban J connectivity index is 1.24. The molecule has 1 atom stereocenters. The Morgan fingerprint density at radius 2 is 1.95 bits per heavy atom. The predicted molar refractivity (Wildman–Crippen MR) is 84.5 cm³/mol. The Morgan fingerprint density at radius 3 is 2.77 bits per heavy atom. The van der Waals surface area contributed by atoms with E-state index in [1.165, 1.54) is 57.9 Å². The molecule has 2 saturated carbocycles. The molecular formula is C17H28N4O. The summed E-state index contributed by atoms with van der Waals surface area (Å²) in [4.78, 5) is 7.04. The van der Waals surface area contributed by atoms with Gasteiger partial charge < -0.3 is 9.84 Å². The molecule has 1 saturated heterocycles. The van der Waals surface area contributed by atoms with Gasteiger partial charge in [0.25, 0.3) is 0 Å². The molecular weight excluding hydrogens is 276 g/mol. The largest absolute Gasteiger partial charge is 0.339 e. The first-order valence-corrected chi connectivity index (χ1v) is 9.15. The van der Waals surface area contributed by atoms with Crippen molar-refractivity contribution in [1.82, 2.24) is 20.4 Å². The van der Waals surface area contributed by atoms with Gasteiger partial charge in [0.1, 0.15) is 0 Å². The number of nitrogens with zero attached hydrogens (tertiary/aromatic N) is 3. The first-order valence-electron chi connectivity index (χ1n) is 9.15. The zero-order chi connectivity index (χ0) is 14.8. The maximum atomic E-state index is 5.37. The zero-order valence-electron chi connectivity index (χ0n) is 13.5. The molecule has 5 heteroatoms. The van der Waals surface area contributed by atoms with Gasteiger partial charge in [0, 0.05) is 18.5 Å². The van der Waals surface area contributed by atoms with E-state index >= 15 is 0 Å². The third-order valence-corrected chi connectivity index (χ3v) is 5.45. The van der Waals surface area contributed by atoms with E-state index in [2.05, 4.69) is 20.4 Å². The lowest BCUT2D eigenvalue weighted by molar-refractivity contribution is 0.175. The first kappa shape index (κ1) is 14.6. The van der Waals surface area contributed by atoms with Crippen molar-refractivity contribution in [3.63, 3.8) is 0 Å². The maximum absolute atomic E-state index is 5.37. The molecule has 1 aliphatic heterocycles. The second-order valence-corrected chi connectivity index (χ2v) is 7.46. The number of rotatable bonds is 6. The number of piperidine rings is 1. The van der Waals surface area contributed by atoms with Crippen LogP contribution in [0.5, 0.6) is 0 Å². The second-order valence-electron chi connectivity index (χ2n) is 7.46. The van der Waals surface area contributed by atoms with Crippen LogP contribution in [0.3, 0.4) is 0 Å². The summed E-state index contributed by atoms with van der Waals surface area (Å²) >= 11 is 0. The fourth-order valence-corrected chi connectivity index (χ4v) is 3.94. The topological polar surface area (TPSA) is 54.2 Å². The summed E-state index contributed by atoms with van der Waals surface area (Å²) in [5, 5.41) is 7.96. The lowest BCUT2D eigenvalue weighted by Gasteiger charge is -2.33. The van der Waals surface area contributed by atoms with E-state index in [0.29, 0.717) is 12.0 Å². The molecule has 1 aromatic rings.